The van der Waals surface area contributed by atoms with Crippen LogP contribution < -0.4 is 16.0 Å². The average Bonchev–Trinajstić information content (AvgIpc) is 3.14. The molecule has 1 aromatic heterocycles. The first-order valence-electron chi connectivity index (χ1n) is 6.87. The van der Waals surface area contributed by atoms with E-state index in [0.717, 1.165) is 12.1 Å². The van der Waals surface area contributed by atoms with Crippen LogP contribution in [0.5, 0.6) is 0 Å². The van der Waals surface area contributed by atoms with Crippen molar-refractivity contribution in [2.24, 2.45) is 0 Å². The van der Waals surface area contributed by atoms with E-state index in [-0.39, 0.29) is 6.54 Å². The molecule has 0 unspecified atom stereocenters. The van der Waals surface area contributed by atoms with Crippen LogP contribution in [0.1, 0.15) is 31.9 Å². The largest absolute Gasteiger partial charge is 0.338 e. The maximum absolute atomic E-state index is 11.6. The summed E-state index contributed by atoms with van der Waals surface area (Å²) in [6, 6.07) is 0.123. The van der Waals surface area contributed by atoms with Gasteiger partial charge in [-0.1, -0.05) is 12.1 Å². The minimum atomic E-state index is -0.479. The number of urea groups is 1. The number of amides is 3. The topological polar surface area (TPSA) is 101 Å². The highest BCUT2D eigenvalue weighted by molar-refractivity contribution is 5.94. The molecule has 0 aromatic carbocycles. The van der Waals surface area contributed by atoms with Crippen LogP contribution in [-0.2, 0) is 17.9 Å². The maximum Gasteiger partial charge on any atom is 0.321 e. The quantitative estimate of drug-likeness (QED) is 0.640. The van der Waals surface area contributed by atoms with Crippen LogP contribution in [0.2, 0.25) is 0 Å². The van der Waals surface area contributed by atoms with Crippen molar-refractivity contribution < 1.29 is 9.59 Å². The van der Waals surface area contributed by atoms with Gasteiger partial charge in [-0.2, -0.15) is 0 Å². The van der Waals surface area contributed by atoms with Gasteiger partial charge in [-0.25, -0.2) is 9.48 Å². The summed E-state index contributed by atoms with van der Waals surface area (Å²) in [6.45, 7) is 3.12. The number of nitrogens with zero attached hydrogens (tertiary/aromatic N) is 3. The van der Waals surface area contributed by atoms with Gasteiger partial charge in [-0.15, -0.1) is 5.10 Å². The molecule has 0 spiro atoms. The van der Waals surface area contributed by atoms with Crippen molar-refractivity contribution in [2.45, 2.75) is 45.3 Å². The van der Waals surface area contributed by atoms with E-state index in [4.69, 9.17) is 0 Å². The van der Waals surface area contributed by atoms with Gasteiger partial charge in [-0.05, 0) is 19.3 Å². The molecule has 0 radical (unpaired) electrons. The molecule has 20 heavy (non-hydrogen) atoms. The van der Waals surface area contributed by atoms with Gasteiger partial charge in [0.25, 0.3) is 0 Å². The lowest BCUT2D eigenvalue weighted by atomic mass is 10.4. The van der Waals surface area contributed by atoms with E-state index in [9.17, 15) is 9.59 Å². The Morgan fingerprint density at radius 2 is 2.25 bits per heavy atom. The number of carbonyl (C=O) groups is 2. The van der Waals surface area contributed by atoms with Crippen molar-refractivity contribution >= 4 is 11.9 Å². The molecule has 8 heteroatoms. The van der Waals surface area contributed by atoms with Crippen molar-refractivity contribution in [3.8, 4) is 0 Å². The lowest BCUT2D eigenvalue weighted by Gasteiger charge is -2.04. The summed E-state index contributed by atoms with van der Waals surface area (Å²) in [4.78, 5) is 22.9. The third-order valence-electron chi connectivity index (χ3n) is 2.83. The second kappa shape index (κ2) is 6.99. The summed E-state index contributed by atoms with van der Waals surface area (Å²) < 4.78 is 1.42. The number of hydrogen-bond acceptors (Lipinski definition) is 5. The molecule has 0 bridgehead atoms. The zero-order chi connectivity index (χ0) is 14.4. The summed E-state index contributed by atoms with van der Waals surface area (Å²) >= 11 is 0. The van der Waals surface area contributed by atoms with E-state index in [1.54, 1.807) is 6.20 Å². The first kappa shape index (κ1) is 14.4. The van der Waals surface area contributed by atoms with Crippen LogP contribution in [0.15, 0.2) is 6.20 Å². The third kappa shape index (κ3) is 4.96. The molecule has 1 heterocycles. The molecule has 110 valence electrons. The van der Waals surface area contributed by atoms with E-state index in [2.05, 4.69) is 26.3 Å². The van der Waals surface area contributed by atoms with Gasteiger partial charge in [0.05, 0.1) is 11.9 Å². The number of nitrogens with one attached hydrogen (secondary N) is 3. The Bertz CT molecular complexity index is 468. The Kier molecular flexibility index (Phi) is 5.05. The lowest BCUT2D eigenvalue weighted by Crippen LogP contribution is -2.41. The zero-order valence-electron chi connectivity index (χ0n) is 11.6. The van der Waals surface area contributed by atoms with Crippen molar-refractivity contribution in [1.82, 2.24) is 30.9 Å². The highest BCUT2D eigenvalue weighted by atomic mass is 16.2. The van der Waals surface area contributed by atoms with Gasteiger partial charge in [0.1, 0.15) is 6.54 Å². The fourth-order valence-corrected chi connectivity index (χ4v) is 1.63. The molecule has 0 atom stereocenters. The first-order chi connectivity index (χ1) is 9.67. The fourth-order valence-electron chi connectivity index (χ4n) is 1.63. The van der Waals surface area contributed by atoms with Crippen molar-refractivity contribution in [2.75, 3.05) is 6.54 Å². The van der Waals surface area contributed by atoms with E-state index in [1.165, 1.54) is 17.5 Å². The molecule has 3 amide bonds. The molecule has 1 aromatic rings. The van der Waals surface area contributed by atoms with Gasteiger partial charge < -0.3 is 10.6 Å². The van der Waals surface area contributed by atoms with Gasteiger partial charge in [0.15, 0.2) is 0 Å². The van der Waals surface area contributed by atoms with Crippen LogP contribution >= 0.6 is 0 Å². The van der Waals surface area contributed by atoms with Gasteiger partial charge in [0.2, 0.25) is 5.91 Å². The zero-order valence-corrected chi connectivity index (χ0v) is 11.6. The molecular weight excluding hydrogens is 260 g/mol. The van der Waals surface area contributed by atoms with Crippen LogP contribution in [0.3, 0.4) is 0 Å². The minimum absolute atomic E-state index is 0.0179. The minimum Gasteiger partial charge on any atom is -0.338 e. The number of aromatic nitrogens is 3. The molecule has 0 saturated heterocycles. The van der Waals surface area contributed by atoms with Crippen LogP contribution in [0.25, 0.3) is 0 Å². The standard InChI is InChI=1S/C12H20N6O2/c1-2-5-13-12(20)15-11(19)8-18-7-10(16-17-18)6-14-9-3-4-9/h7,9,14H,2-6,8H2,1H3,(H2,13,15,19,20). The van der Waals surface area contributed by atoms with Gasteiger partial charge in [0, 0.05) is 19.1 Å². The Hall–Kier alpha value is -1.96. The predicted molar refractivity (Wildman–Crippen MR) is 71.7 cm³/mol. The van der Waals surface area contributed by atoms with Gasteiger partial charge >= 0.3 is 6.03 Å². The molecule has 0 aliphatic heterocycles. The molecule has 1 saturated carbocycles. The Balaban J connectivity index is 1.71. The first-order valence-corrected chi connectivity index (χ1v) is 6.87. The molecule has 2 rings (SSSR count). The summed E-state index contributed by atoms with van der Waals surface area (Å²) in [5.41, 5.74) is 0.792. The second-order valence-electron chi connectivity index (χ2n) is 4.87. The summed E-state index contributed by atoms with van der Waals surface area (Å²) in [5.74, 6) is -0.412. The molecule has 1 aliphatic rings. The van der Waals surface area contributed by atoms with Crippen molar-refractivity contribution in [3.63, 3.8) is 0 Å². The van der Waals surface area contributed by atoms with Crippen molar-refractivity contribution in [3.05, 3.63) is 11.9 Å². The molecule has 1 fully saturated rings. The lowest BCUT2D eigenvalue weighted by molar-refractivity contribution is -0.120. The Morgan fingerprint density at radius 3 is 2.95 bits per heavy atom. The fraction of sp³-hybridized carbons (Fsp3) is 0.667. The molecule has 8 nitrogen and oxygen atoms in total. The summed E-state index contributed by atoms with van der Waals surface area (Å²) in [5, 5.41) is 15.9. The monoisotopic (exact) mass is 280 g/mol. The number of rotatable bonds is 7. The van der Waals surface area contributed by atoms with E-state index in [1.807, 2.05) is 6.92 Å². The van der Waals surface area contributed by atoms with Gasteiger partial charge in [-0.3, -0.25) is 10.1 Å². The van der Waals surface area contributed by atoms with E-state index in [0.29, 0.717) is 19.1 Å². The van der Waals surface area contributed by atoms with Crippen molar-refractivity contribution in [1.29, 1.82) is 0 Å². The highest BCUT2D eigenvalue weighted by Gasteiger charge is 2.20. The van der Waals surface area contributed by atoms with Crippen LogP contribution in [0, 0.1) is 0 Å². The number of imide groups is 1. The highest BCUT2D eigenvalue weighted by Crippen LogP contribution is 2.18. The summed E-state index contributed by atoms with van der Waals surface area (Å²) in [7, 11) is 0. The second-order valence-corrected chi connectivity index (χ2v) is 4.87. The normalized spacial score (nSPS) is 14.1. The average molecular weight is 280 g/mol. The Labute approximate surface area is 117 Å². The number of carbonyl (C=O) groups excluding carboxylic acids is 2. The van der Waals surface area contributed by atoms with Crippen LogP contribution in [0.4, 0.5) is 4.79 Å². The number of hydrogen-bond donors (Lipinski definition) is 3. The smallest absolute Gasteiger partial charge is 0.321 e. The van der Waals surface area contributed by atoms with E-state index >= 15 is 0 Å². The predicted octanol–water partition coefficient (Wildman–Crippen LogP) is -0.234. The third-order valence-corrected chi connectivity index (χ3v) is 2.83. The molecular formula is C12H20N6O2. The Morgan fingerprint density at radius 1 is 1.45 bits per heavy atom. The van der Waals surface area contributed by atoms with Crippen LogP contribution in [-0.4, -0.2) is 39.5 Å². The SMILES string of the molecule is CCCNC(=O)NC(=O)Cn1cc(CNC2CC2)nn1. The maximum atomic E-state index is 11.6. The van der Waals surface area contributed by atoms with E-state index < -0.39 is 11.9 Å². The molecule has 1 aliphatic carbocycles. The molecule has 3 N–H and O–H groups in total. The summed E-state index contributed by atoms with van der Waals surface area (Å²) in [6.07, 6.45) is 4.95.